The van der Waals surface area contributed by atoms with E-state index in [1.165, 1.54) is 24.4 Å². The summed E-state index contributed by atoms with van der Waals surface area (Å²) in [5.41, 5.74) is 2.40. The number of hydrogen-bond acceptors (Lipinski definition) is 5. The van der Waals surface area contributed by atoms with E-state index in [4.69, 9.17) is 11.6 Å². The van der Waals surface area contributed by atoms with Crippen LogP contribution in [0, 0.1) is 35.3 Å². The summed E-state index contributed by atoms with van der Waals surface area (Å²) in [6.45, 7) is 3.78. The molecule has 0 bridgehead atoms. The van der Waals surface area contributed by atoms with Gasteiger partial charge in [-0.25, -0.2) is 0 Å². The third-order valence-corrected chi connectivity index (χ3v) is 4.06. The number of carbonyl (C=O) groups is 1. The molecule has 0 aliphatic rings. The van der Waals surface area contributed by atoms with Gasteiger partial charge in [0.2, 0.25) is 0 Å². The van der Waals surface area contributed by atoms with Crippen LogP contribution in [0.15, 0.2) is 48.2 Å². The van der Waals surface area contributed by atoms with Crippen LogP contribution in [-0.4, -0.2) is 10.8 Å². The van der Waals surface area contributed by atoms with E-state index in [1.807, 2.05) is 19.9 Å². The zero-order valence-electron chi connectivity index (χ0n) is 14.0. The van der Waals surface area contributed by atoms with Crippen LogP contribution < -0.4 is 10.6 Å². The van der Waals surface area contributed by atoms with Gasteiger partial charge >= 0.3 is 0 Å². The molecule has 0 fully saturated rings. The zero-order chi connectivity index (χ0) is 19.3. The third-order valence-electron chi connectivity index (χ3n) is 3.74. The molecular formula is C18H15ClN4O3. The normalized spacial score (nSPS) is 10.8. The predicted molar refractivity (Wildman–Crippen MR) is 100.0 cm³/mol. The summed E-state index contributed by atoms with van der Waals surface area (Å²) in [6.07, 6.45) is 1.19. The Labute approximate surface area is 155 Å². The van der Waals surface area contributed by atoms with Gasteiger partial charge in [-0.1, -0.05) is 23.7 Å². The fourth-order valence-corrected chi connectivity index (χ4v) is 2.31. The fraction of sp³-hybridized carbons (Fsp3) is 0.111. The van der Waals surface area contributed by atoms with Crippen molar-refractivity contribution in [2.45, 2.75) is 13.8 Å². The van der Waals surface area contributed by atoms with Gasteiger partial charge in [-0.05, 0) is 43.2 Å². The molecular weight excluding hydrogens is 356 g/mol. The highest BCUT2D eigenvalue weighted by Gasteiger charge is 2.14. The maximum Gasteiger partial charge on any atom is 0.289 e. The topological polar surface area (TPSA) is 108 Å². The molecule has 2 rings (SSSR count). The van der Waals surface area contributed by atoms with E-state index in [-0.39, 0.29) is 16.3 Å². The Bertz CT molecular complexity index is 948. The molecule has 8 heteroatoms. The van der Waals surface area contributed by atoms with Crippen molar-refractivity contribution in [3.05, 3.63) is 74.4 Å². The summed E-state index contributed by atoms with van der Waals surface area (Å²) in [6, 6.07) is 11.3. The molecule has 0 aliphatic carbocycles. The molecule has 0 unspecified atom stereocenters. The van der Waals surface area contributed by atoms with Crippen molar-refractivity contribution in [1.29, 1.82) is 5.26 Å². The van der Waals surface area contributed by atoms with Crippen LogP contribution in [0.5, 0.6) is 0 Å². The van der Waals surface area contributed by atoms with Crippen molar-refractivity contribution in [3.8, 4) is 6.07 Å². The fourth-order valence-electron chi connectivity index (χ4n) is 2.12. The highest BCUT2D eigenvalue weighted by Crippen LogP contribution is 2.27. The number of halogens is 1. The molecule has 0 saturated heterocycles. The van der Waals surface area contributed by atoms with Gasteiger partial charge in [-0.3, -0.25) is 14.9 Å². The smallest absolute Gasteiger partial charge is 0.289 e. The molecule has 2 aromatic carbocycles. The lowest BCUT2D eigenvalue weighted by molar-refractivity contribution is -0.384. The molecule has 2 aromatic rings. The Morgan fingerprint density at radius 3 is 2.69 bits per heavy atom. The van der Waals surface area contributed by atoms with Gasteiger partial charge in [0.05, 0.1) is 4.92 Å². The number of nitrogens with one attached hydrogen (secondary N) is 2. The summed E-state index contributed by atoms with van der Waals surface area (Å²) in [5.74, 6) is -0.586. The van der Waals surface area contributed by atoms with E-state index in [0.29, 0.717) is 11.4 Å². The SMILES string of the molecule is Cc1cccc(NC(=O)/C(C#N)=C\Nc2ccc(Cl)c([N+](=O)[O-])c2)c1C. The van der Waals surface area contributed by atoms with Crippen LogP contribution in [0.1, 0.15) is 11.1 Å². The Balaban J connectivity index is 2.19. The number of nitro benzene ring substituents is 1. The van der Waals surface area contributed by atoms with Gasteiger partial charge in [0.15, 0.2) is 0 Å². The number of nitrogens with zero attached hydrogens (tertiary/aromatic N) is 2. The second kappa shape index (κ2) is 8.14. The van der Waals surface area contributed by atoms with E-state index >= 15 is 0 Å². The number of anilines is 2. The quantitative estimate of drug-likeness (QED) is 0.352. The van der Waals surface area contributed by atoms with Crippen LogP contribution in [0.25, 0.3) is 0 Å². The lowest BCUT2D eigenvalue weighted by Crippen LogP contribution is -2.15. The van der Waals surface area contributed by atoms with E-state index in [1.54, 1.807) is 18.2 Å². The third kappa shape index (κ3) is 4.37. The standard InChI is InChI=1S/C18H15ClN4O3/c1-11-4-3-5-16(12(11)2)22-18(24)13(9-20)10-21-14-6-7-15(19)17(8-14)23(25)26/h3-8,10,21H,1-2H3,(H,22,24)/b13-10-. The number of amides is 1. The number of benzene rings is 2. The van der Waals surface area contributed by atoms with Gasteiger partial charge in [-0.2, -0.15) is 5.26 Å². The van der Waals surface area contributed by atoms with Crippen LogP contribution in [0.2, 0.25) is 5.02 Å². The van der Waals surface area contributed by atoms with Crippen LogP contribution in [-0.2, 0) is 4.79 Å². The second-order valence-corrected chi connectivity index (χ2v) is 5.85. The van der Waals surface area contributed by atoms with Crippen molar-refractivity contribution in [1.82, 2.24) is 0 Å². The van der Waals surface area contributed by atoms with Crippen LogP contribution >= 0.6 is 11.6 Å². The van der Waals surface area contributed by atoms with Crippen molar-refractivity contribution < 1.29 is 9.72 Å². The summed E-state index contributed by atoms with van der Waals surface area (Å²) < 4.78 is 0. The van der Waals surface area contributed by atoms with E-state index < -0.39 is 10.8 Å². The minimum Gasteiger partial charge on any atom is -0.360 e. The number of aryl methyl sites for hydroxylation is 1. The number of nitro groups is 1. The molecule has 26 heavy (non-hydrogen) atoms. The first-order chi connectivity index (χ1) is 12.3. The maximum atomic E-state index is 12.3. The van der Waals surface area contributed by atoms with Crippen molar-refractivity contribution in [3.63, 3.8) is 0 Å². The Morgan fingerprint density at radius 1 is 1.31 bits per heavy atom. The lowest BCUT2D eigenvalue weighted by Gasteiger charge is -2.10. The maximum absolute atomic E-state index is 12.3. The van der Waals surface area contributed by atoms with Crippen molar-refractivity contribution >= 4 is 34.6 Å². The first kappa shape index (κ1) is 19.0. The first-order valence-electron chi connectivity index (χ1n) is 7.51. The minimum absolute atomic E-state index is 0.00213. The van der Waals surface area contributed by atoms with Gasteiger partial charge < -0.3 is 10.6 Å². The van der Waals surface area contributed by atoms with Gasteiger partial charge in [-0.15, -0.1) is 0 Å². The average molecular weight is 371 g/mol. The monoisotopic (exact) mass is 370 g/mol. The molecule has 0 aliphatic heterocycles. The van der Waals surface area contributed by atoms with E-state index in [0.717, 1.165) is 11.1 Å². The highest BCUT2D eigenvalue weighted by molar-refractivity contribution is 6.32. The van der Waals surface area contributed by atoms with Gasteiger partial charge in [0.25, 0.3) is 11.6 Å². The summed E-state index contributed by atoms with van der Waals surface area (Å²) >= 11 is 5.75. The molecule has 132 valence electrons. The largest absolute Gasteiger partial charge is 0.360 e. The molecule has 7 nitrogen and oxygen atoms in total. The second-order valence-electron chi connectivity index (χ2n) is 5.44. The molecule has 0 aromatic heterocycles. The average Bonchev–Trinajstić information content (AvgIpc) is 2.60. The summed E-state index contributed by atoms with van der Waals surface area (Å²) in [5, 5.41) is 25.5. The molecule has 0 saturated carbocycles. The van der Waals surface area contributed by atoms with Crippen LogP contribution in [0.4, 0.5) is 17.1 Å². The van der Waals surface area contributed by atoms with Gasteiger partial charge in [0, 0.05) is 23.6 Å². The van der Waals surface area contributed by atoms with E-state index in [2.05, 4.69) is 10.6 Å². The van der Waals surface area contributed by atoms with Crippen molar-refractivity contribution in [2.24, 2.45) is 0 Å². The lowest BCUT2D eigenvalue weighted by atomic mass is 10.1. The molecule has 1 amide bonds. The summed E-state index contributed by atoms with van der Waals surface area (Å²) in [4.78, 5) is 22.6. The zero-order valence-corrected chi connectivity index (χ0v) is 14.8. The van der Waals surface area contributed by atoms with Crippen molar-refractivity contribution in [2.75, 3.05) is 10.6 Å². The highest BCUT2D eigenvalue weighted by atomic mass is 35.5. The molecule has 0 atom stereocenters. The Morgan fingerprint density at radius 2 is 2.04 bits per heavy atom. The van der Waals surface area contributed by atoms with Gasteiger partial charge in [0.1, 0.15) is 16.7 Å². The Hall–Kier alpha value is -3.37. The molecule has 0 radical (unpaired) electrons. The Kier molecular flexibility index (Phi) is 5.94. The van der Waals surface area contributed by atoms with Crippen LogP contribution in [0.3, 0.4) is 0 Å². The first-order valence-corrected chi connectivity index (χ1v) is 7.89. The minimum atomic E-state index is -0.615. The number of nitriles is 1. The number of rotatable bonds is 5. The molecule has 0 heterocycles. The number of carbonyl (C=O) groups excluding carboxylic acids is 1. The molecule has 0 spiro atoms. The number of hydrogen-bond donors (Lipinski definition) is 2. The van der Waals surface area contributed by atoms with E-state index in [9.17, 15) is 20.2 Å². The predicted octanol–water partition coefficient (Wildman–Crippen LogP) is 4.32. The molecule has 2 N–H and O–H groups in total. The summed E-state index contributed by atoms with van der Waals surface area (Å²) in [7, 11) is 0.